The van der Waals surface area contributed by atoms with E-state index in [1.165, 1.54) is 18.7 Å². The number of carbonyl (C=O) groups is 3. The van der Waals surface area contributed by atoms with Crippen LogP contribution in [0.3, 0.4) is 0 Å². The summed E-state index contributed by atoms with van der Waals surface area (Å²) in [4.78, 5) is 37.7. The number of esters is 1. The maximum Gasteiger partial charge on any atom is 0.353 e. The van der Waals surface area contributed by atoms with Crippen LogP contribution in [0.4, 0.5) is 0 Å². The molecule has 2 aliphatic heterocycles. The minimum atomic E-state index is -1.27. The highest BCUT2D eigenvalue weighted by atomic mass is 32.2. The Morgan fingerprint density at radius 3 is 2.62 bits per heavy atom. The number of fused-ring (bicyclic) bond motifs is 1. The van der Waals surface area contributed by atoms with Crippen molar-refractivity contribution < 1.29 is 29.3 Å². The van der Waals surface area contributed by atoms with E-state index in [4.69, 9.17) is 4.74 Å². The molecule has 3 heterocycles. The van der Waals surface area contributed by atoms with Crippen LogP contribution in [0, 0.1) is 5.92 Å². The number of tetrazole rings is 1. The van der Waals surface area contributed by atoms with Crippen LogP contribution in [-0.2, 0) is 27.1 Å². The van der Waals surface area contributed by atoms with Gasteiger partial charge in [0.15, 0.2) is 0 Å². The molecule has 1 saturated heterocycles. The smallest absolute Gasteiger partial charge is 0.353 e. The standard InChI is InChI=1S/C19H19N5O6S2/c1-9(25)13-15(26)24-14(17(27)28)12(32-16(13)24)7-30-18(29)11-5-3-10(4-6-11)8-31-19-20-21-22-23(19)2/h3-6,9,13,16,25H,7-8H2,1-2H3,(H,27,28)/t9-,13+,16-/m1/s1. The van der Waals surface area contributed by atoms with E-state index in [-0.39, 0.29) is 17.2 Å². The summed E-state index contributed by atoms with van der Waals surface area (Å²) in [5.74, 6) is -2.38. The van der Waals surface area contributed by atoms with Crippen LogP contribution in [0.25, 0.3) is 0 Å². The predicted molar refractivity (Wildman–Crippen MR) is 113 cm³/mol. The molecule has 0 spiro atoms. The molecular weight excluding hydrogens is 458 g/mol. The Labute approximate surface area is 190 Å². The van der Waals surface area contributed by atoms with Gasteiger partial charge in [-0.25, -0.2) is 14.3 Å². The Hall–Kier alpha value is -2.90. The van der Waals surface area contributed by atoms with Gasteiger partial charge in [-0.1, -0.05) is 35.7 Å². The number of rotatable bonds is 8. The largest absolute Gasteiger partial charge is 0.477 e. The van der Waals surface area contributed by atoms with Crippen molar-refractivity contribution in [1.29, 1.82) is 0 Å². The molecule has 0 bridgehead atoms. The third-order valence-electron chi connectivity index (χ3n) is 5.05. The van der Waals surface area contributed by atoms with Crippen LogP contribution in [0.2, 0.25) is 0 Å². The zero-order chi connectivity index (χ0) is 23.0. The number of β-lactam (4-membered cyclic amide) rings is 1. The average Bonchev–Trinajstić information content (AvgIpc) is 3.31. The summed E-state index contributed by atoms with van der Waals surface area (Å²) < 4.78 is 6.87. The van der Waals surface area contributed by atoms with Crippen LogP contribution in [0.5, 0.6) is 0 Å². The van der Waals surface area contributed by atoms with E-state index >= 15 is 0 Å². The number of carboxylic acid groups (broad SMARTS) is 1. The van der Waals surface area contributed by atoms with Gasteiger partial charge in [0.1, 0.15) is 17.7 Å². The Balaban J connectivity index is 1.37. The predicted octanol–water partition coefficient (Wildman–Crippen LogP) is 0.867. The van der Waals surface area contributed by atoms with Crippen molar-refractivity contribution in [3.8, 4) is 0 Å². The maximum atomic E-state index is 12.4. The molecule has 1 amide bonds. The van der Waals surface area contributed by atoms with Crippen molar-refractivity contribution in [2.45, 2.75) is 29.3 Å². The Morgan fingerprint density at radius 2 is 2.03 bits per heavy atom. The second kappa shape index (κ2) is 8.92. The molecule has 3 atom stereocenters. The zero-order valence-corrected chi connectivity index (χ0v) is 18.7. The van der Waals surface area contributed by atoms with Crippen molar-refractivity contribution in [3.63, 3.8) is 0 Å². The number of hydrogen-bond donors (Lipinski definition) is 2. The van der Waals surface area contributed by atoms with Crippen LogP contribution >= 0.6 is 23.5 Å². The number of ether oxygens (including phenoxy) is 1. The number of aromatic nitrogens is 4. The molecule has 32 heavy (non-hydrogen) atoms. The number of carboxylic acids is 1. The lowest BCUT2D eigenvalue weighted by molar-refractivity contribution is -0.156. The first-order valence-corrected chi connectivity index (χ1v) is 11.4. The van der Waals surface area contributed by atoms with E-state index < -0.39 is 35.2 Å². The molecule has 1 fully saturated rings. The van der Waals surface area contributed by atoms with Crippen molar-refractivity contribution in [2.24, 2.45) is 13.0 Å². The molecule has 2 aromatic rings. The number of aliphatic hydroxyl groups excluding tert-OH is 1. The fourth-order valence-corrected chi connectivity index (χ4v) is 5.72. The zero-order valence-electron chi connectivity index (χ0n) is 17.0. The summed E-state index contributed by atoms with van der Waals surface area (Å²) in [5, 5.41) is 30.7. The quantitative estimate of drug-likeness (QED) is 0.317. The monoisotopic (exact) mass is 477 g/mol. The fraction of sp³-hybridized carbons (Fsp3) is 0.368. The topological polar surface area (TPSA) is 148 Å². The van der Waals surface area contributed by atoms with Crippen molar-refractivity contribution in [2.75, 3.05) is 6.61 Å². The van der Waals surface area contributed by atoms with Crippen LogP contribution < -0.4 is 0 Å². The van der Waals surface area contributed by atoms with Crippen LogP contribution in [0.15, 0.2) is 40.0 Å². The van der Waals surface area contributed by atoms with E-state index in [2.05, 4.69) is 15.5 Å². The molecule has 1 aromatic carbocycles. The lowest BCUT2D eigenvalue weighted by Crippen LogP contribution is -2.60. The maximum absolute atomic E-state index is 12.4. The molecule has 13 heteroatoms. The molecule has 2 N–H and O–H groups in total. The highest BCUT2D eigenvalue weighted by Gasteiger charge is 2.57. The number of hydrogen-bond acceptors (Lipinski definition) is 10. The number of benzene rings is 1. The fourth-order valence-electron chi connectivity index (χ4n) is 3.40. The van der Waals surface area contributed by atoms with E-state index in [1.807, 2.05) is 0 Å². The van der Waals surface area contributed by atoms with E-state index in [1.54, 1.807) is 36.0 Å². The van der Waals surface area contributed by atoms with Crippen molar-refractivity contribution in [1.82, 2.24) is 25.1 Å². The second-order valence-electron chi connectivity index (χ2n) is 7.21. The van der Waals surface area contributed by atoms with Gasteiger partial charge in [-0.15, -0.1) is 5.10 Å². The van der Waals surface area contributed by atoms with Gasteiger partial charge in [-0.3, -0.25) is 9.69 Å². The van der Waals surface area contributed by atoms with Gasteiger partial charge >= 0.3 is 11.9 Å². The number of carbonyl (C=O) groups excluding carboxylic acids is 2. The summed E-state index contributed by atoms with van der Waals surface area (Å²) in [6, 6.07) is 6.83. The molecule has 11 nitrogen and oxygen atoms in total. The Kier molecular flexibility index (Phi) is 6.22. The van der Waals surface area contributed by atoms with E-state index in [9.17, 15) is 24.6 Å². The molecule has 0 radical (unpaired) electrons. The molecule has 168 valence electrons. The summed E-state index contributed by atoms with van der Waals surface area (Å²) in [5.41, 5.74) is 1.09. The highest BCUT2D eigenvalue weighted by Crippen LogP contribution is 2.50. The molecule has 4 rings (SSSR count). The third-order valence-corrected chi connectivity index (χ3v) is 7.47. The summed E-state index contributed by atoms with van der Waals surface area (Å²) >= 11 is 2.58. The molecule has 2 aliphatic rings. The SMILES string of the molecule is C[C@@H](O)[C@H]1C(=O)N2C(C(=O)O)=C(COC(=O)c3ccc(CSc4nnnn4C)cc3)S[C@H]12. The Bertz CT molecular complexity index is 1100. The second-order valence-corrected chi connectivity index (χ2v) is 9.36. The number of amides is 1. The van der Waals surface area contributed by atoms with E-state index in [0.717, 1.165) is 22.2 Å². The van der Waals surface area contributed by atoms with Gasteiger partial charge < -0.3 is 14.9 Å². The number of nitrogens with zero attached hydrogens (tertiary/aromatic N) is 5. The third kappa shape index (κ3) is 4.10. The summed E-state index contributed by atoms with van der Waals surface area (Å²) in [7, 11) is 1.75. The molecule has 1 aromatic heterocycles. The van der Waals surface area contributed by atoms with Gasteiger partial charge in [0, 0.05) is 12.8 Å². The van der Waals surface area contributed by atoms with Crippen molar-refractivity contribution >= 4 is 41.4 Å². The normalized spacial score (nSPS) is 20.7. The average molecular weight is 478 g/mol. The van der Waals surface area contributed by atoms with Gasteiger partial charge in [-0.05, 0) is 35.0 Å². The number of aliphatic carboxylic acids is 1. The first-order chi connectivity index (χ1) is 15.3. The number of aliphatic hydroxyl groups is 1. The van der Waals surface area contributed by atoms with Gasteiger partial charge in [0.2, 0.25) is 11.1 Å². The summed E-state index contributed by atoms with van der Waals surface area (Å²) in [6.07, 6.45) is -0.894. The highest BCUT2D eigenvalue weighted by molar-refractivity contribution is 8.04. The molecular formula is C19H19N5O6S2. The molecule has 0 aliphatic carbocycles. The van der Waals surface area contributed by atoms with E-state index in [0.29, 0.717) is 16.5 Å². The summed E-state index contributed by atoms with van der Waals surface area (Å²) in [6.45, 7) is 1.22. The lowest BCUT2D eigenvalue weighted by Gasteiger charge is -2.43. The number of thioether (sulfide) groups is 2. The van der Waals surface area contributed by atoms with Crippen LogP contribution in [-0.4, -0.2) is 71.3 Å². The van der Waals surface area contributed by atoms with Crippen LogP contribution in [0.1, 0.15) is 22.8 Å². The van der Waals surface area contributed by atoms with Gasteiger partial charge in [0.05, 0.1) is 22.5 Å². The minimum Gasteiger partial charge on any atom is -0.477 e. The first kappa shape index (κ1) is 22.3. The molecule has 0 unspecified atom stereocenters. The number of aryl methyl sites for hydroxylation is 1. The van der Waals surface area contributed by atoms with Gasteiger partial charge in [-0.2, -0.15) is 0 Å². The first-order valence-electron chi connectivity index (χ1n) is 9.53. The molecule has 0 saturated carbocycles. The Morgan fingerprint density at radius 1 is 1.31 bits per heavy atom. The minimum absolute atomic E-state index is 0.194. The van der Waals surface area contributed by atoms with Crippen molar-refractivity contribution in [3.05, 3.63) is 46.0 Å². The lowest BCUT2D eigenvalue weighted by atomic mass is 9.92. The van der Waals surface area contributed by atoms with Gasteiger partial charge in [0.25, 0.3) is 0 Å².